The summed E-state index contributed by atoms with van der Waals surface area (Å²) in [5.41, 5.74) is -0.283. The van der Waals surface area contributed by atoms with Crippen molar-refractivity contribution in [3.05, 3.63) is 12.2 Å². The van der Waals surface area contributed by atoms with Gasteiger partial charge in [-0.15, -0.1) is 0 Å². The molecule has 0 aromatic rings. The third kappa shape index (κ3) is 6.53. The van der Waals surface area contributed by atoms with Gasteiger partial charge in [0, 0.05) is 5.57 Å². The van der Waals surface area contributed by atoms with Gasteiger partial charge in [0.05, 0.1) is 6.42 Å². The summed E-state index contributed by atoms with van der Waals surface area (Å²) >= 11 is 0. The minimum atomic E-state index is -6.32. The second kappa shape index (κ2) is 8.03. The summed E-state index contributed by atoms with van der Waals surface area (Å²) in [5.74, 6) is -9.10. The van der Waals surface area contributed by atoms with Gasteiger partial charge in [-0.25, -0.2) is 27.2 Å². The average Bonchev–Trinajstić information content (AvgIpc) is 2.42. The molecule has 0 aliphatic carbocycles. The zero-order valence-electron chi connectivity index (χ0n) is 12.3. The van der Waals surface area contributed by atoms with Crippen LogP contribution in [0, 0.1) is 0 Å². The Hall–Kier alpha value is -1.83. The summed E-state index contributed by atoms with van der Waals surface area (Å²) in [6, 6.07) is 0. The molecule has 0 aromatic carbocycles. The predicted molar refractivity (Wildman–Crippen MR) is 67.7 cm³/mol. The Bertz CT molecular complexity index is 631. The Morgan fingerprint density at radius 2 is 1.68 bits per heavy atom. The smallest absolute Gasteiger partial charge is 0.458 e. The molecule has 0 bridgehead atoms. The van der Waals surface area contributed by atoms with Gasteiger partial charge in [-0.05, 0) is 6.92 Å². The molecule has 146 valence electrons. The van der Waals surface area contributed by atoms with Crippen LogP contribution in [0.3, 0.4) is 0 Å². The molecule has 0 heterocycles. The lowest BCUT2D eigenvalue weighted by Crippen LogP contribution is -2.43. The Labute approximate surface area is 137 Å². The first-order valence-electron chi connectivity index (χ1n) is 6.07. The molecular formula is C11H12F6O7S. The van der Waals surface area contributed by atoms with Gasteiger partial charge in [-0.3, -0.25) is 4.55 Å². The minimum Gasteiger partial charge on any atom is -0.458 e. The van der Waals surface area contributed by atoms with E-state index >= 15 is 0 Å². The summed E-state index contributed by atoms with van der Waals surface area (Å²) in [5, 5.41) is -5.55. The molecule has 0 radical (unpaired) electrons. The Morgan fingerprint density at radius 1 is 1.20 bits per heavy atom. The topological polar surface area (TPSA) is 107 Å². The van der Waals surface area contributed by atoms with Crippen LogP contribution < -0.4 is 0 Å². The number of rotatable bonds is 9. The van der Waals surface area contributed by atoms with E-state index in [-0.39, 0.29) is 5.57 Å². The van der Waals surface area contributed by atoms with Crippen molar-refractivity contribution in [3.63, 3.8) is 0 Å². The second-order valence-electron chi connectivity index (χ2n) is 4.66. The molecule has 0 saturated carbocycles. The van der Waals surface area contributed by atoms with Crippen LogP contribution in [0.25, 0.3) is 0 Å². The maximum absolute atomic E-state index is 13.0. The van der Waals surface area contributed by atoms with Crippen molar-refractivity contribution >= 4 is 22.1 Å². The average molecular weight is 402 g/mol. The van der Waals surface area contributed by atoms with Crippen LogP contribution in [0.4, 0.5) is 26.3 Å². The molecule has 7 nitrogen and oxygen atoms in total. The summed E-state index contributed by atoms with van der Waals surface area (Å²) in [6.45, 7) is 2.81. The summed E-state index contributed by atoms with van der Waals surface area (Å²) in [7, 11) is -6.32. The molecule has 0 amide bonds. The number of ether oxygens (including phenoxy) is 2. The van der Waals surface area contributed by atoms with Crippen molar-refractivity contribution < 1.29 is 58.4 Å². The Morgan fingerprint density at radius 3 is 2.04 bits per heavy atom. The maximum Gasteiger partial charge on any atom is 0.465 e. The zero-order chi connectivity index (χ0) is 20.2. The minimum absolute atomic E-state index is 0.283. The highest BCUT2D eigenvalue weighted by Crippen LogP contribution is 2.31. The lowest BCUT2D eigenvalue weighted by atomic mass is 10.1. The van der Waals surface area contributed by atoms with Crippen LogP contribution in [0.15, 0.2) is 12.2 Å². The number of carbonyl (C=O) groups excluding carboxylic acids is 2. The highest BCUT2D eigenvalue weighted by atomic mass is 32.2. The van der Waals surface area contributed by atoms with E-state index in [4.69, 9.17) is 4.55 Å². The molecule has 14 heteroatoms. The molecule has 25 heavy (non-hydrogen) atoms. The number of hydrogen-bond donors (Lipinski definition) is 1. The molecule has 0 rings (SSSR count). The standard InChI is InChI=1S/C11H12F6O7S/c1-5(2)7(18)23-4-6(3-10(14,15)8(12)13)24-9(19)11(16,17)25(20,21)22/h6,8H,1,3-4H2,2H3,(H,20,21,22). The van der Waals surface area contributed by atoms with Gasteiger partial charge in [0.1, 0.15) is 12.7 Å². The highest BCUT2D eigenvalue weighted by molar-refractivity contribution is 7.87. The van der Waals surface area contributed by atoms with Crippen LogP contribution in [0.1, 0.15) is 13.3 Å². The van der Waals surface area contributed by atoms with E-state index in [1.807, 2.05) is 0 Å². The molecule has 1 atom stereocenters. The van der Waals surface area contributed by atoms with Crippen molar-refractivity contribution in [1.29, 1.82) is 0 Å². The van der Waals surface area contributed by atoms with E-state index < -0.39 is 58.8 Å². The number of alkyl halides is 6. The van der Waals surface area contributed by atoms with E-state index in [1.165, 1.54) is 0 Å². The van der Waals surface area contributed by atoms with Crippen LogP contribution in [-0.4, -0.2) is 55.2 Å². The third-order valence-corrected chi connectivity index (χ3v) is 3.22. The summed E-state index contributed by atoms with van der Waals surface area (Å²) < 4.78 is 113. The van der Waals surface area contributed by atoms with Crippen LogP contribution in [0.2, 0.25) is 0 Å². The maximum atomic E-state index is 13.0. The normalized spacial score (nSPS) is 14.1. The Kier molecular flexibility index (Phi) is 7.44. The van der Waals surface area contributed by atoms with Crippen molar-refractivity contribution in [2.75, 3.05) is 6.61 Å². The molecular weight excluding hydrogens is 390 g/mol. The van der Waals surface area contributed by atoms with E-state index in [2.05, 4.69) is 16.1 Å². The molecule has 0 aliphatic heterocycles. The van der Waals surface area contributed by atoms with Crippen LogP contribution >= 0.6 is 0 Å². The lowest BCUT2D eigenvalue weighted by molar-refractivity contribution is -0.187. The first-order valence-corrected chi connectivity index (χ1v) is 7.51. The fourth-order valence-electron chi connectivity index (χ4n) is 1.14. The van der Waals surface area contributed by atoms with Crippen LogP contribution in [0.5, 0.6) is 0 Å². The van der Waals surface area contributed by atoms with Crippen molar-refractivity contribution in [2.45, 2.75) is 37.1 Å². The number of carbonyl (C=O) groups is 2. The fourth-order valence-corrected chi connectivity index (χ4v) is 1.40. The largest absolute Gasteiger partial charge is 0.465 e. The molecule has 0 saturated heterocycles. The van der Waals surface area contributed by atoms with Crippen LogP contribution in [-0.2, 0) is 29.2 Å². The molecule has 1 unspecified atom stereocenters. The van der Waals surface area contributed by atoms with E-state index in [0.29, 0.717) is 0 Å². The number of esters is 2. The van der Waals surface area contributed by atoms with Gasteiger partial charge in [0.25, 0.3) is 0 Å². The first kappa shape index (κ1) is 23.2. The fraction of sp³-hybridized carbons (Fsp3) is 0.636. The Balaban J connectivity index is 5.35. The zero-order valence-corrected chi connectivity index (χ0v) is 13.2. The molecule has 0 aromatic heterocycles. The SMILES string of the molecule is C=C(C)C(=O)OCC(CC(F)(F)C(F)F)OC(=O)C(F)(F)S(=O)(=O)O. The monoisotopic (exact) mass is 402 g/mol. The predicted octanol–water partition coefficient (Wildman–Crippen LogP) is 1.79. The highest BCUT2D eigenvalue weighted by Gasteiger charge is 2.55. The van der Waals surface area contributed by atoms with Crippen molar-refractivity contribution in [3.8, 4) is 0 Å². The molecule has 1 N–H and O–H groups in total. The van der Waals surface area contributed by atoms with E-state index in [9.17, 15) is 44.3 Å². The van der Waals surface area contributed by atoms with Crippen molar-refractivity contribution in [1.82, 2.24) is 0 Å². The van der Waals surface area contributed by atoms with Gasteiger partial charge < -0.3 is 9.47 Å². The first-order chi connectivity index (χ1) is 11.0. The lowest BCUT2D eigenvalue weighted by Gasteiger charge is -2.24. The molecule has 0 aliphatic rings. The quantitative estimate of drug-likeness (QED) is 0.271. The van der Waals surface area contributed by atoms with Crippen molar-refractivity contribution in [2.24, 2.45) is 0 Å². The van der Waals surface area contributed by atoms with Gasteiger partial charge in [-0.2, -0.15) is 17.2 Å². The van der Waals surface area contributed by atoms with Gasteiger partial charge in [0.15, 0.2) is 0 Å². The molecule has 0 fully saturated rings. The number of hydrogen-bond acceptors (Lipinski definition) is 6. The summed E-state index contributed by atoms with van der Waals surface area (Å²) in [4.78, 5) is 22.2. The number of halogens is 6. The second-order valence-corrected chi connectivity index (χ2v) is 6.13. The van der Waals surface area contributed by atoms with E-state index in [1.54, 1.807) is 0 Å². The van der Waals surface area contributed by atoms with E-state index in [0.717, 1.165) is 6.92 Å². The third-order valence-electron chi connectivity index (χ3n) is 2.40. The van der Waals surface area contributed by atoms with Gasteiger partial charge >= 0.3 is 39.7 Å². The molecule has 0 spiro atoms. The van der Waals surface area contributed by atoms with Gasteiger partial charge in [0.2, 0.25) is 0 Å². The summed E-state index contributed by atoms with van der Waals surface area (Å²) in [6.07, 6.45) is -8.92. The van der Waals surface area contributed by atoms with Gasteiger partial charge in [-0.1, -0.05) is 6.58 Å².